The number of aliphatic carboxylic acids is 3. The lowest BCUT2D eigenvalue weighted by molar-refractivity contribution is -0.193. The molecule has 0 saturated carbocycles. The number of ether oxygens (including phenoxy) is 3. The molecule has 6 N–H and O–H groups in total. The lowest BCUT2D eigenvalue weighted by Gasteiger charge is -2.14. The largest absolute Gasteiger partial charge is 0.490 e. The highest BCUT2D eigenvalue weighted by Crippen LogP contribution is 2.33. The maximum Gasteiger partial charge on any atom is 0.490 e. The second-order valence-corrected chi connectivity index (χ2v) is 9.86. The van der Waals surface area contributed by atoms with Gasteiger partial charge in [-0.25, -0.2) is 14.4 Å². The number of carboxylic acids is 3. The lowest BCUT2D eigenvalue weighted by atomic mass is 10.0. The number of H-pyrrole nitrogens is 1. The SMILES string of the molecule is Cc1[nH]nc2ccc(-c3cncc(OC[C@@H](N)Cc4ccc5c(c4)OCO5)c3)cc12.O=C(O)C(F)(F)F.O=C(O)C(F)(F)F.O=C(O)C(F)(F)F. The third-order valence-corrected chi connectivity index (χ3v) is 5.92. The van der Waals surface area contributed by atoms with E-state index >= 15 is 0 Å². The van der Waals surface area contributed by atoms with Crippen molar-refractivity contribution in [1.82, 2.24) is 15.2 Å². The molecule has 13 nitrogen and oxygen atoms in total. The average molecular weight is 745 g/mol. The second-order valence-electron chi connectivity index (χ2n) is 9.86. The molecule has 0 radical (unpaired) electrons. The zero-order valence-electron chi connectivity index (χ0n) is 25.6. The van der Waals surface area contributed by atoms with Crippen LogP contribution >= 0.6 is 0 Å². The summed E-state index contributed by atoms with van der Waals surface area (Å²) in [5, 5.41) is 29.8. The van der Waals surface area contributed by atoms with Gasteiger partial charge < -0.3 is 35.3 Å². The fourth-order valence-electron chi connectivity index (χ4n) is 3.61. The highest BCUT2D eigenvalue weighted by atomic mass is 19.4. The summed E-state index contributed by atoms with van der Waals surface area (Å²) in [5.74, 6) is -6.04. The molecule has 51 heavy (non-hydrogen) atoms. The van der Waals surface area contributed by atoms with Crippen molar-refractivity contribution in [3.63, 3.8) is 0 Å². The summed E-state index contributed by atoms with van der Waals surface area (Å²) in [6.07, 6.45) is -11.0. The molecule has 22 heteroatoms. The van der Waals surface area contributed by atoms with Crippen LogP contribution in [0.5, 0.6) is 17.2 Å². The van der Waals surface area contributed by atoms with Crippen LogP contribution in [0.4, 0.5) is 39.5 Å². The first-order valence-corrected chi connectivity index (χ1v) is 13.6. The zero-order valence-corrected chi connectivity index (χ0v) is 25.6. The number of rotatable bonds is 6. The average Bonchev–Trinajstić information content (AvgIpc) is 3.65. The highest BCUT2D eigenvalue weighted by Gasteiger charge is 2.39. The molecule has 2 aromatic heterocycles. The summed E-state index contributed by atoms with van der Waals surface area (Å²) >= 11 is 0. The van der Waals surface area contributed by atoms with Gasteiger partial charge in [-0.3, -0.25) is 10.1 Å². The van der Waals surface area contributed by atoms with Gasteiger partial charge in [0.25, 0.3) is 0 Å². The van der Waals surface area contributed by atoms with Crippen LogP contribution in [0.25, 0.3) is 22.0 Å². The van der Waals surface area contributed by atoms with Crippen LogP contribution in [0.15, 0.2) is 54.9 Å². The Bertz CT molecular complexity index is 1750. The zero-order chi connectivity index (χ0) is 38.7. The number of nitrogens with two attached hydrogens (primary N) is 1. The number of hydrogen-bond donors (Lipinski definition) is 5. The Morgan fingerprint density at radius 1 is 0.824 bits per heavy atom. The molecule has 0 bridgehead atoms. The molecule has 1 atom stereocenters. The lowest BCUT2D eigenvalue weighted by Crippen LogP contribution is -2.30. The number of benzene rings is 2. The third kappa shape index (κ3) is 13.6. The number of aryl methyl sites for hydroxylation is 1. The Labute approximate surface area is 279 Å². The Morgan fingerprint density at radius 2 is 1.37 bits per heavy atom. The molecular formula is C29H25F9N4O9. The first-order valence-electron chi connectivity index (χ1n) is 13.6. The number of carboxylic acid groups (broad SMARTS) is 3. The van der Waals surface area contributed by atoms with Gasteiger partial charge in [0.1, 0.15) is 12.4 Å². The number of pyridine rings is 1. The molecule has 5 rings (SSSR count). The van der Waals surface area contributed by atoms with Crippen molar-refractivity contribution in [2.75, 3.05) is 13.4 Å². The minimum absolute atomic E-state index is 0.154. The molecule has 0 amide bonds. The number of aromatic nitrogens is 3. The minimum Gasteiger partial charge on any atom is -0.490 e. The van der Waals surface area contributed by atoms with Gasteiger partial charge in [0.15, 0.2) is 11.5 Å². The van der Waals surface area contributed by atoms with Crippen LogP contribution in [0.3, 0.4) is 0 Å². The molecule has 0 aliphatic carbocycles. The summed E-state index contributed by atoms with van der Waals surface area (Å²) in [5.41, 5.74) is 11.4. The Morgan fingerprint density at radius 3 is 1.92 bits per heavy atom. The third-order valence-electron chi connectivity index (χ3n) is 5.92. The summed E-state index contributed by atoms with van der Waals surface area (Å²) in [7, 11) is 0. The predicted molar refractivity (Wildman–Crippen MR) is 155 cm³/mol. The second kappa shape index (κ2) is 17.2. The minimum atomic E-state index is -5.08. The molecule has 278 valence electrons. The number of aromatic amines is 1. The van der Waals surface area contributed by atoms with Crippen LogP contribution in [0, 0.1) is 6.92 Å². The van der Waals surface area contributed by atoms with Crippen LogP contribution in [-0.2, 0) is 20.8 Å². The molecule has 3 heterocycles. The van der Waals surface area contributed by atoms with Crippen molar-refractivity contribution >= 4 is 28.8 Å². The van der Waals surface area contributed by atoms with E-state index in [0.717, 1.165) is 44.8 Å². The Balaban J connectivity index is 0.000000352. The van der Waals surface area contributed by atoms with Gasteiger partial charge in [-0.2, -0.15) is 44.6 Å². The van der Waals surface area contributed by atoms with E-state index in [-0.39, 0.29) is 12.8 Å². The van der Waals surface area contributed by atoms with Crippen molar-refractivity contribution in [2.45, 2.75) is 37.9 Å². The molecule has 0 unspecified atom stereocenters. The van der Waals surface area contributed by atoms with Crippen LogP contribution < -0.4 is 19.9 Å². The monoisotopic (exact) mass is 744 g/mol. The van der Waals surface area contributed by atoms with E-state index < -0.39 is 36.4 Å². The molecular weight excluding hydrogens is 719 g/mol. The van der Waals surface area contributed by atoms with Crippen LogP contribution in [-0.4, -0.2) is 86.4 Å². The summed E-state index contributed by atoms with van der Waals surface area (Å²) in [6, 6.07) is 13.9. The molecule has 4 aromatic rings. The van der Waals surface area contributed by atoms with Gasteiger partial charge in [0, 0.05) is 28.9 Å². The van der Waals surface area contributed by atoms with Crippen molar-refractivity contribution in [1.29, 1.82) is 0 Å². The standard InChI is InChI=1S/C23H22N4O3.3C2HF3O2/c1-14-20-9-16(3-4-21(20)27-26-14)17-8-19(11-25-10-17)28-12-18(24)6-15-2-5-22-23(7-15)30-13-29-22;3*3-2(4,5)1(6)7/h2-5,7-11,18H,6,12-13,24H2,1H3,(H,26,27);3*(H,6,7)/t18-;;;/m0.../s1. The maximum absolute atomic E-state index is 10.6. The van der Waals surface area contributed by atoms with E-state index in [4.69, 9.17) is 49.6 Å². The number of alkyl halides is 9. The van der Waals surface area contributed by atoms with Gasteiger partial charge in [-0.1, -0.05) is 12.1 Å². The van der Waals surface area contributed by atoms with E-state index in [1.807, 2.05) is 49.5 Å². The molecule has 1 aliphatic rings. The van der Waals surface area contributed by atoms with Gasteiger partial charge >= 0.3 is 36.4 Å². The van der Waals surface area contributed by atoms with E-state index in [0.29, 0.717) is 18.8 Å². The van der Waals surface area contributed by atoms with Crippen molar-refractivity contribution in [3.8, 4) is 28.4 Å². The number of hydrogen-bond acceptors (Lipinski definition) is 9. The quantitative estimate of drug-likeness (QED) is 0.155. The normalized spacial score (nSPS) is 12.6. The topological polar surface area (TPSA) is 207 Å². The van der Waals surface area contributed by atoms with E-state index in [2.05, 4.69) is 21.2 Å². The fourth-order valence-corrected chi connectivity index (χ4v) is 3.61. The Kier molecular flexibility index (Phi) is 14.0. The first kappa shape index (κ1) is 41.4. The summed E-state index contributed by atoms with van der Waals surface area (Å²) in [4.78, 5) is 31.0. The van der Waals surface area contributed by atoms with E-state index in [1.54, 1.807) is 6.20 Å². The van der Waals surface area contributed by atoms with E-state index in [9.17, 15) is 39.5 Å². The number of halogens is 9. The fraction of sp³-hybridized carbons (Fsp3) is 0.276. The number of nitrogens with one attached hydrogen (secondary N) is 1. The number of nitrogens with zero attached hydrogens (tertiary/aromatic N) is 2. The Hall–Kier alpha value is -5.80. The van der Waals surface area contributed by atoms with Gasteiger partial charge in [-0.05, 0) is 54.8 Å². The van der Waals surface area contributed by atoms with Crippen LogP contribution in [0.1, 0.15) is 11.3 Å². The number of carbonyl (C=O) groups is 3. The maximum atomic E-state index is 10.6. The van der Waals surface area contributed by atoms with Gasteiger partial charge in [0.2, 0.25) is 6.79 Å². The van der Waals surface area contributed by atoms with Crippen molar-refractivity contribution < 1.29 is 83.4 Å². The van der Waals surface area contributed by atoms with E-state index in [1.165, 1.54) is 0 Å². The molecule has 0 saturated heterocycles. The number of fused-ring (bicyclic) bond motifs is 2. The molecule has 2 aromatic carbocycles. The molecule has 0 fully saturated rings. The molecule has 0 spiro atoms. The first-order chi connectivity index (χ1) is 23.5. The molecule has 1 aliphatic heterocycles. The highest BCUT2D eigenvalue weighted by molar-refractivity contribution is 5.86. The van der Waals surface area contributed by atoms with Crippen LogP contribution in [0.2, 0.25) is 0 Å². The summed E-state index contributed by atoms with van der Waals surface area (Å²) < 4.78 is 112. The van der Waals surface area contributed by atoms with Gasteiger partial charge in [0.05, 0.1) is 11.7 Å². The smallest absolute Gasteiger partial charge is 0.490 e. The summed E-state index contributed by atoms with van der Waals surface area (Å²) in [6.45, 7) is 2.67. The van der Waals surface area contributed by atoms with Crippen molar-refractivity contribution in [3.05, 3.63) is 66.1 Å². The predicted octanol–water partition coefficient (Wildman–Crippen LogP) is 5.51. The van der Waals surface area contributed by atoms with Gasteiger partial charge in [-0.15, -0.1) is 0 Å². The van der Waals surface area contributed by atoms with Crippen molar-refractivity contribution in [2.24, 2.45) is 5.73 Å².